The molecule has 0 bridgehead atoms. The third-order valence-electron chi connectivity index (χ3n) is 1.73. The normalized spacial score (nSPS) is 13.1. The van der Waals surface area contributed by atoms with Gasteiger partial charge in [-0.15, -0.1) is 11.3 Å². The van der Waals surface area contributed by atoms with E-state index in [1.54, 1.807) is 18.4 Å². The first-order valence-corrected chi connectivity index (χ1v) is 6.85. The molecule has 0 aliphatic carbocycles. The lowest BCUT2D eigenvalue weighted by Gasteiger charge is -2.09. The summed E-state index contributed by atoms with van der Waals surface area (Å²) in [5.74, 6) is 0. The van der Waals surface area contributed by atoms with Crippen LogP contribution < -0.4 is 5.32 Å². The van der Waals surface area contributed by atoms with E-state index in [9.17, 15) is 5.11 Å². The van der Waals surface area contributed by atoms with Gasteiger partial charge in [0, 0.05) is 29.5 Å². The average molecular weight is 359 g/mol. The number of methoxy groups -OCH3 is 1. The van der Waals surface area contributed by atoms with E-state index in [0.29, 0.717) is 13.2 Å². The second-order valence-electron chi connectivity index (χ2n) is 3.07. The summed E-state index contributed by atoms with van der Waals surface area (Å²) in [4.78, 5) is 1.22. The predicted octanol–water partition coefficient (Wildman–Crippen LogP) is 2.37. The van der Waals surface area contributed by atoms with Gasteiger partial charge in [0.1, 0.15) is 0 Å². The lowest BCUT2D eigenvalue weighted by Crippen LogP contribution is -2.29. The first-order chi connectivity index (χ1) is 7.13. The second kappa shape index (κ2) is 6.98. The Morgan fingerprint density at radius 2 is 2.33 bits per heavy atom. The summed E-state index contributed by atoms with van der Waals surface area (Å²) in [6.07, 6.45) is -0.443. The zero-order chi connectivity index (χ0) is 11.3. The van der Waals surface area contributed by atoms with E-state index in [4.69, 9.17) is 4.74 Å². The Morgan fingerprint density at radius 3 is 2.87 bits per heavy atom. The van der Waals surface area contributed by atoms with Crippen LogP contribution in [0, 0.1) is 0 Å². The van der Waals surface area contributed by atoms with Crippen molar-refractivity contribution in [1.29, 1.82) is 0 Å². The third kappa shape index (κ3) is 4.93. The minimum Gasteiger partial charge on any atom is -0.389 e. The van der Waals surface area contributed by atoms with Gasteiger partial charge in [-0.1, -0.05) is 0 Å². The Bertz CT molecular complexity index is 287. The molecule has 0 saturated carbocycles. The van der Waals surface area contributed by atoms with E-state index in [1.807, 2.05) is 0 Å². The smallest absolute Gasteiger partial charge is 0.0897 e. The lowest BCUT2D eigenvalue weighted by molar-refractivity contribution is 0.0644. The fourth-order valence-corrected chi connectivity index (χ4v) is 3.24. The number of halogens is 2. The monoisotopic (exact) mass is 357 g/mol. The largest absolute Gasteiger partial charge is 0.389 e. The van der Waals surface area contributed by atoms with Crippen molar-refractivity contribution >= 4 is 43.2 Å². The highest BCUT2D eigenvalue weighted by atomic mass is 79.9. The highest BCUT2D eigenvalue weighted by molar-refractivity contribution is 9.13. The molecular formula is C9H13Br2NO2S. The summed E-state index contributed by atoms with van der Waals surface area (Å²) in [5, 5.41) is 12.5. The molecule has 0 saturated heterocycles. The Kier molecular flexibility index (Phi) is 6.33. The summed E-state index contributed by atoms with van der Waals surface area (Å²) in [6.45, 7) is 1.67. The van der Waals surface area contributed by atoms with E-state index in [-0.39, 0.29) is 0 Å². The van der Waals surface area contributed by atoms with Crippen LogP contribution in [0.4, 0.5) is 0 Å². The zero-order valence-electron chi connectivity index (χ0n) is 8.30. The molecule has 1 unspecified atom stereocenters. The Balaban J connectivity index is 2.25. The van der Waals surface area contributed by atoms with Gasteiger partial charge in [0.05, 0.1) is 16.5 Å². The van der Waals surface area contributed by atoms with Crippen molar-refractivity contribution < 1.29 is 9.84 Å². The third-order valence-corrected chi connectivity index (χ3v) is 4.99. The maximum Gasteiger partial charge on any atom is 0.0897 e. The molecule has 0 aliphatic rings. The number of ether oxygens (including phenoxy) is 1. The van der Waals surface area contributed by atoms with Crippen molar-refractivity contribution in [2.75, 3.05) is 20.3 Å². The highest BCUT2D eigenvalue weighted by Crippen LogP contribution is 2.32. The quantitative estimate of drug-likeness (QED) is 0.820. The van der Waals surface area contributed by atoms with Crippen LogP contribution in [0.15, 0.2) is 14.3 Å². The number of nitrogens with one attached hydrogen (secondary N) is 1. The van der Waals surface area contributed by atoms with E-state index in [2.05, 4.69) is 43.2 Å². The number of aliphatic hydroxyl groups is 1. The summed E-state index contributed by atoms with van der Waals surface area (Å²) >= 11 is 8.54. The van der Waals surface area contributed by atoms with Crippen LogP contribution in [0.1, 0.15) is 4.88 Å². The fraction of sp³-hybridized carbons (Fsp3) is 0.556. The van der Waals surface area contributed by atoms with Crippen LogP contribution in [-0.2, 0) is 11.3 Å². The molecule has 1 heterocycles. The minimum absolute atomic E-state index is 0.366. The van der Waals surface area contributed by atoms with Crippen LogP contribution in [0.25, 0.3) is 0 Å². The Morgan fingerprint density at radius 1 is 1.60 bits per heavy atom. The fourth-order valence-electron chi connectivity index (χ4n) is 1.09. The lowest BCUT2D eigenvalue weighted by atomic mass is 10.3. The van der Waals surface area contributed by atoms with Crippen molar-refractivity contribution in [1.82, 2.24) is 5.32 Å². The maximum atomic E-state index is 9.38. The van der Waals surface area contributed by atoms with Gasteiger partial charge in [-0.2, -0.15) is 0 Å². The molecule has 0 spiro atoms. The van der Waals surface area contributed by atoms with Crippen molar-refractivity contribution in [3.05, 3.63) is 19.2 Å². The Labute approximate surface area is 110 Å². The van der Waals surface area contributed by atoms with Gasteiger partial charge < -0.3 is 15.2 Å². The number of hydrogen-bond acceptors (Lipinski definition) is 4. The number of aliphatic hydroxyl groups excluding tert-OH is 1. The molecule has 1 atom stereocenters. The van der Waals surface area contributed by atoms with E-state index >= 15 is 0 Å². The summed E-state index contributed by atoms with van der Waals surface area (Å²) in [5.41, 5.74) is 0. The van der Waals surface area contributed by atoms with Crippen LogP contribution in [0.2, 0.25) is 0 Å². The van der Waals surface area contributed by atoms with Crippen LogP contribution >= 0.6 is 43.2 Å². The molecule has 15 heavy (non-hydrogen) atoms. The number of rotatable bonds is 6. The predicted molar refractivity (Wildman–Crippen MR) is 69.3 cm³/mol. The molecule has 1 rings (SSSR count). The molecule has 0 aliphatic heterocycles. The molecule has 3 nitrogen and oxygen atoms in total. The highest BCUT2D eigenvalue weighted by Gasteiger charge is 2.05. The van der Waals surface area contributed by atoms with Gasteiger partial charge in [-0.05, 0) is 37.9 Å². The van der Waals surface area contributed by atoms with Crippen molar-refractivity contribution in [3.63, 3.8) is 0 Å². The van der Waals surface area contributed by atoms with Gasteiger partial charge in [0.2, 0.25) is 0 Å². The number of hydrogen-bond donors (Lipinski definition) is 2. The molecule has 2 N–H and O–H groups in total. The van der Waals surface area contributed by atoms with Gasteiger partial charge in [0.15, 0.2) is 0 Å². The maximum absolute atomic E-state index is 9.38. The number of thiophene rings is 1. The summed E-state index contributed by atoms with van der Waals surface area (Å²) < 4.78 is 6.99. The first-order valence-electron chi connectivity index (χ1n) is 4.45. The topological polar surface area (TPSA) is 41.5 Å². The molecule has 0 aromatic carbocycles. The molecule has 0 fully saturated rings. The Hall–Kier alpha value is 0.540. The van der Waals surface area contributed by atoms with Crippen LogP contribution in [0.5, 0.6) is 0 Å². The molecule has 0 amide bonds. The van der Waals surface area contributed by atoms with Crippen molar-refractivity contribution in [3.8, 4) is 0 Å². The van der Waals surface area contributed by atoms with E-state index in [0.717, 1.165) is 14.8 Å². The van der Waals surface area contributed by atoms with Crippen LogP contribution in [0.3, 0.4) is 0 Å². The summed E-state index contributed by atoms with van der Waals surface area (Å²) in [6, 6.07) is 2.06. The second-order valence-corrected chi connectivity index (χ2v) is 6.38. The molecule has 1 aromatic heterocycles. The average Bonchev–Trinajstić information content (AvgIpc) is 2.46. The zero-order valence-corrected chi connectivity index (χ0v) is 12.3. The van der Waals surface area contributed by atoms with Gasteiger partial charge in [0.25, 0.3) is 0 Å². The summed E-state index contributed by atoms with van der Waals surface area (Å²) in [7, 11) is 1.58. The van der Waals surface area contributed by atoms with Crippen LogP contribution in [-0.4, -0.2) is 31.5 Å². The van der Waals surface area contributed by atoms with Gasteiger partial charge in [-0.3, -0.25) is 0 Å². The van der Waals surface area contributed by atoms with Gasteiger partial charge >= 0.3 is 0 Å². The van der Waals surface area contributed by atoms with E-state index in [1.165, 1.54) is 4.88 Å². The SMILES string of the molecule is COCC(O)CNCc1cc(Br)c(Br)s1. The molecule has 0 radical (unpaired) electrons. The standard InChI is InChI=1S/C9H13Br2NO2S/c1-14-5-6(13)3-12-4-7-2-8(10)9(11)15-7/h2,6,12-13H,3-5H2,1H3. The molecule has 6 heteroatoms. The minimum atomic E-state index is -0.443. The van der Waals surface area contributed by atoms with Crippen molar-refractivity contribution in [2.24, 2.45) is 0 Å². The van der Waals surface area contributed by atoms with Gasteiger partial charge in [-0.25, -0.2) is 0 Å². The van der Waals surface area contributed by atoms with E-state index < -0.39 is 6.10 Å². The van der Waals surface area contributed by atoms with Crippen molar-refractivity contribution in [2.45, 2.75) is 12.6 Å². The molecular weight excluding hydrogens is 346 g/mol. The first kappa shape index (κ1) is 13.6. The molecule has 1 aromatic rings. The molecule has 86 valence electrons.